The summed E-state index contributed by atoms with van der Waals surface area (Å²) in [6.07, 6.45) is 2.87. The van der Waals surface area contributed by atoms with Crippen LogP contribution in [0.15, 0.2) is 12.2 Å². The van der Waals surface area contributed by atoms with Crippen LogP contribution in [-0.4, -0.2) is 78.4 Å². The van der Waals surface area contributed by atoms with Crippen molar-refractivity contribution < 1.29 is 19.4 Å². The molecule has 0 bridgehead atoms. The molecular weight excluding hydrogens is 322 g/mol. The monoisotopic (exact) mass is 355 g/mol. The van der Waals surface area contributed by atoms with Gasteiger partial charge >= 0.3 is 6.09 Å². The van der Waals surface area contributed by atoms with E-state index in [4.69, 9.17) is 4.74 Å². The van der Waals surface area contributed by atoms with Crippen molar-refractivity contribution in [2.24, 2.45) is 5.41 Å². The molecule has 0 radical (unpaired) electrons. The second kappa shape index (κ2) is 7.74. The lowest BCUT2D eigenvalue weighted by Gasteiger charge is -2.55. The average molecular weight is 355 g/mol. The maximum atomic E-state index is 12.1. The summed E-state index contributed by atoms with van der Waals surface area (Å²) in [4.78, 5) is 27.6. The number of aliphatic hydroxyl groups is 1. The molecule has 0 aliphatic carbocycles. The SMILES string of the molecule is CN(C)C/C=C/C(=O)NCC1(C(C)(C)O)CN(C(=O)OC(C)(C)C)C1. The summed E-state index contributed by atoms with van der Waals surface area (Å²) >= 11 is 0. The Bertz CT molecular complexity index is 509. The highest BCUT2D eigenvalue weighted by Crippen LogP contribution is 2.40. The Balaban J connectivity index is 2.62. The van der Waals surface area contributed by atoms with Crippen LogP contribution in [0.4, 0.5) is 4.79 Å². The van der Waals surface area contributed by atoms with Gasteiger partial charge in [0.1, 0.15) is 5.60 Å². The van der Waals surface area contributed by atoms with E-state index < -0.39 is 22.7 Å². The first-order chi connectivity index (χ1) is 11.3. The summed E-state index contributed by atoms with van der Waals surface area (Å²) < 4.78 is 5.35. The molecule has 1 rings (SSSR count). The topological polar surface area (TPSA) is 82.1 Å². The molecule has 25 heavy (non-hydrogen) atoms. The van der Waals surface area contributed by atoms with Gasteiger partial charge in [0.2, 0.25) is 5.91 Å². The van der Waals surface area contributed by atoms with Crippen LogP contribution in [0, 0.1) is 5.41 Å². The lowest BCUT2D eigenvalue weighted by Crippen LogP contribution is -2.70. The van der Waals surface area contributed by atoms with Crippen LogP contribution in [0.25, 0.3) is 0 Å². The Labute approximate surface area is 151 Å². The van der Waals surface area contributed by atoms with Crippen LogP contribution in [0.5, 0.6) is 0 Å². The van der Waals surface area contributed by atoms with Crippen LogP contribution in [-0.2, 0) is 9.53 Å². The van der Waals surface area contributed by atoms with Gasteiger partial charge in [0.25, 0.3) is 0 Å². The Hall–Kier alpha value is -1.60. The van der Waals surface area contributed by atoms with E-state index in [0.717, 1.165) is 0 Å². The second-order valence-electron chi connectivity index (χ2n) is 8.56. The maximum Gasteiger partial charge on any atom is 0.410 e. The highest BCUT2D eigenvalue weighted by Gasteiger charge is 2.55. The molecule has 0 atom stereocenters. The molecule has 7 heteroatoms. The van der Waals surface area contributed by atoms with E-state index in [2.05, 4.69) is 5.32 Å². The van der Waals surface area contributed by atoms with Crippen molar-refractivity contribution in [3.63, 3.8) is 0 Å². The molecule has 0 aromatic carbocycles. The van der Waals surface area contributed by atoms with Crippen LogP contribution in [0.1, 0.15) is 34.6 Å². The fraction of sp³-hybridized carbons (Fsp3) is 0.778. The number of carbonyl (C=O) groups is 2. The van der Waals surface area contributed by atoms with Gasteiger partial charge < -0.3 is 25.0 Å². The van der Waals surface area contributed by atoms with Gasteiger partial charge in [-0.05, 0) is 48.7 Å². The zero-order valence-corrected chi connectivity index (χ0v) is 16.5. The van der Waals surface area contributed by atoms with E-state index in [9.17, 15) is 14.7 Å². The van der Waals surface area contributed by atoms with Crippen molar-refractivity contribution in [3.8, 4) is 0 Å². The predicted molar refractivity (Wildman–Crippen MR) is 97.2 cm³/mol. The number of carbonyl (C=O) groups excluding carboxylic acids is 2. The number of hydrogen-bond acceptors (Lipinski definition) is 5. The molecule has 1 aliphatic heterocycles. The van der Waals surface area contributed by atoms with Crippen LogP contribution >= 0.6 is 0 Å². The molecule has 7 nitrogen and oxygen atoms in total. The Morgan fingerprint density at radius 2 is 1.80 bits per heavy atom. The van der Waals surface area contributed by atoms with E-state index in [1.807, 2.05) is 39.8 Å². The minimum atomic E-state index is -1.04. The Morgan fingerprint density at radius 1 is 1.24 bits per heavy atom. The van der Waals surface area contributed by atoms with Crippen molar-refractivity contribution >= 4 is 12.0 Å². The molecule has 2 amide bonds. The summed E-state index contributed by atoms with van der Waals surface area (Å²) in [6.45, 7) is 10.5. The van der Waals surface area contributed by atoms with Crippen LogP contribution in [0.3, 0.4) is 0 Å². The van der Waals surface area contributed by atoms with Gasteiger partial charge in [0.15, 0.2) is 0 Å². The maximum absolute atomic E-state index is 12.1. The van der Waals surface area contributed by atoms with Crippen molar-refractivity contribution in [2.75, 3.05) is 40.3 Å². The van der Waals surface area contributed by atoms with Gasteiger partial charge in [-0.15, -0.1) is 0 Å². The largest absolute Gasteiger partial charge is 0.444 e. The predicted octanol–water partition coefficient (Wildman–Crippen LogP) is 1.23. The molecule has 0 aromatic heterocycles. The summed E-state index contributed by atoms with van der Waals surface area (Å²) in [6, 6.07) is 0. The summed E-state index contributed by atoms with van der Waals surface area (Å²) in [5, 5.41) is 13.4. The highest BCUT2D eigenvalue weighted by molar-refractivity contribution is 5.87. The van der Waals surface area contributed by atoms with Gasteiger partial charge in [-0.3, -0.25) is 4.79 Å². The fourth-order valence-corrected chi connectivity index (χ4v) is 2.54. The van der Waals surface area contributed by atoms with Crippen molar-refractivity contribution in [1.29, 1.82) is 0 Å². The molecule has 0 unspecified atom stereocenters. The number of likely N-dealkylation sites (tertiary alicyclic amines) is 1. The first kappa shape index (κ1) is 21.4. The van der Waals surface area contributed by atoms with Gasteiger partial charge in [0.05, 0.1) is 11.0 Å². The number of likely N-dealkylation sites (N-methyl/N-ethyl adjacent to an activating group) is 1. The van der Waals surface area contributed by atoms with E-state index >= 15 is 0 Å². The average Bonchev–Trinajstić information content (AvgIpc) is 2.32. The first-order valence-corrected chi connectivity index (χ1v) is 8.55. The lowest BCUT2D eigenvalue weighted by atomic mass is 9.67. The zero-order chi connectivity index (χ0) is 19.5. The number of hydrogen-bond donors (Lipinski definition) is 2. The van der Waals surface area contributed by atoms with Gasteiger partial charge in [0, 0.05) is 32.3 Å². The molecule has 144 valence electrons. The summed E-state index contributed by atoms with van der Waals surface area (Å²) in [5.74, 6) is -0.207. The molecule has 0 aromatic rings. The second-order valence-corrected chi connectivity index (χ2v) is 8.56. The lowest BCUT2D eigenvalue weighted by molar-refractivity contribution is -0.141. The third-order valence-corrected chi connectivity index (χ3v) is 4.28. The molecule has 0 spiro atoms. The summed E-state index contributed by atoms with van der Waals surface area (Å²) in [5.41, 5.74) is -2.18. The Kier molecular flexibility index (Phi) is 6.64. The van der Waals surface area contributed by atoms with E-state index in [1.54, 1.807) is 24.8 Å². The number of ether oxygens (including phenoxy) is 1. The smallest absolute Gasteiger partial charge is 0.410 e. The van der Waals surface area contributed by atoms with Crippen molar-refractivity contribution in [1.82, 2.24) is 15.1 Å². The number of amides is 2. The normalized spacial score (nSPS) is 17.6. The van der Waals surface area contributed by atoms with Gasteiger partial charge in [-0.2, -0.15) is 0 Å². The molecule has 1 fully saturated rings. The number of nitrogens with one attached hydrogen (secondary N) is 1. The van der Waals surface area contributed by atoms with Gasteiger partial charge in [-0.1, -0.05) is 6.08 Å². The van der Waals surface area contributed by atoms with Crippen molar-refractivity contribution in [3.05, 3.63) is 12.2 Å². The highest BCUT2D eigenvalue weighted by atomic mass is 16.6. The first-order valence-electron chi connectivity index (χ1n) is 8.55. The van der Waals surface area contributed by atoms with E-state index in [0.29, 0.717) is 26.2 Å². The Morgan fingerprint density at radius 3 is 2.24 bits per heavy atom. The van der Waals surface area contributed by atoms with E-state index in [-0.39, 0.29) is 5.91 Å². The number of rotatable bonds is 6. The molecular formula is C18H33N3O4. The third kappa shape index (κ3) is 6.32. The van der Waals surface area contributed by atoms with Crippen LogP contribution < -0.4 is 5.32 Å². The van der Waals surface area contributed by atoms with Crippen LogP contribution in [0.2, 0.25) is 0 Å². The minimum absolute atomic E-state index is 0.207. The van der Waals surface area contributed by atoms with Crippen molar-refractivity contribution in [2.45, 2.75) is 45.8 Å². The van der Waals surface area contributed by atoms with Gasteiger partial charge in [-0.25, -0.2) is 4.79 Å². The molecule has 1 saturated heterocycles. The van der Waals surface area contributed by atoms with E-state index in [1.165, 1.54) is 6.08 Å². The summed E-state index contributed by atoms with van der Waals surface area (Å²) in [7, 11) is 3.84. The molecule has 1 aliphatic rings. The number of nitrogens with zero attached hydrogens (tertiary/aromatic N) is 2. The molecule has 1 heterocycles. The standard InChI is InChI=1S/C18H33N3O4/c1-16(2,3)25-15(23)21-12-18(13-21,17(4,5)24)11-19-14(22)9-8-10-20(6)7/h8-9,24H,10-13H2,1-7H3,(H,19,22)/b9-8+. The molecule has 0 saturated carbocycles. The minimum Gasteiger partial charge on any atom is -0.444 e. The fourth-order valence-electron chi connectivity index (χ4n) is 2.54. The molecule has 2 N–H and O–H groups in total. The quantitative estimate of drug-likeness (QED) is 0.700. The zero-order valence-electron chi connectivity index (χ0n) is 16.5. The third-order valence-electron chi connectivity index (χ3n) is 4.28.